The van der Waals surface area contributed by atoms with Gasteiger partial charge in [-0.2, -0.15) is 0 Å². The van der Waals surface area contributed by atoms with Gasteiger partial charge in [-0.3, -0.25) is 4.90 Å². The normalized spacial score (nSPS) is 29.6. The first-order valence-corrected chi connectivity index (χ1v) is 5.71. The van der Waals surface area contributed by atoms with E-state index in [0.717, 1.165) is 25.9 Å². The lowest BCUT2D eigenvalue weighted by Crippen LogP contribution is -2.30. The fourth-order valence-corrected chi connectivity index (χ4v) is 1.95. The molecule has 1 aliphatic carbocycles. The predicted molar refractivity (Wildman–Crippen MR) is 56.1 cm³/mol. The van der Waals surface area contributed by atoms with Crippen LogP contribution in [0.2, 0.25) is 0 Å². The molecule has 2 rings (SSSR count). The zero-order chi connectivity index (χ0) is 10.6. The van der Waals surface area contributed by atoms with Crippen molar-refractivity contribution >= 4 is 0 Å². The van der Waals surface area contributed by atoms with E-state index in [9.17, 15) is 4.39 Å². The first-order valence-electron chi connectivity index (χ1n) is 5.71. The molecule has 84 valence electrons. The van der Waals surface area contributed by atoms with Crippen molar-refractivity contribution in [2.45, 2.75) is 39.3 Å². The Kier molecular flexibility index (Phi) is 4.32. The highest BCUT2D eigenvalue weighted by Gasteiger charge is 2.44. The van der Waals surface area contributed by atoms with Gasteiger partial charge >= 0.3 is 0 Å². The van der Waals surface area contributed by atoms with Gasteiger partial charge in [0.1, 0.15) is 6.17 Å². The first-order chi connectivity index (χ1) is 6.74. The van der Waals surface area contributed by atoms with Crippen LogP contribution in [-0.4, -0.2) is 42.4 Å². The zero-order valence-electron chi connectivity index (χ0n) is 9.30. The lowest BCUT2D eigenvalue weighted by Gasteiger charge is -2.20. The van der Waals surface area contributed by atoms with E-state index in [1.54, 1.807) is 0 Å². The third kappa shape index (κ3) is 2.92. The highest BCUT2D eigenvalue weighted by atomic mass is 19.1. The molecule has 0 amide bonds. The van der Waals surface area contributed by atoms with Gasteiger partial charge in [-0.15, -0.1) is 0 Å². The molecule has 0 radical (unpaired) electrons. The Hall–Kier alpha value is -0.150. The molecule has 1 atom stereocenters. The maximum absolute atomic E-state index is 12.8. The Morgan fingerprint density at radius 1 is 1.43 bits per heavy atom. The second-order valence-electron chi connectivity index (χ2n) is 4.28. The van der Waals surface area contributed by atoms with Crippen LogP contribution < -0.4 is 0 Å². The van der Waals surface area contributed by atoms with Crippen LogP contribution in [0.4, 0.5) is 4.39 Å². The number of aliphatic hydroxyl groups excluding tert-OH is 1. The number of halogens is 1. The lowest BCUT2D eigenvalue weighted by molar-refractivity contribution is 0.158. The summed E-state index contributed by atoms with van der Waals surface area (Å²) in [5.41, 5.74) is 0.157. The SMILES string of the molecule is CC.OCC1(CN2CC[C@@H](F)C2)CC1. The van der Waals surface area contributed by atoms with E-state index < -0.39 is 6.17 Å². The van der Waals surface area contributed by atoms with E-state index in [-0.39, 0.29) is 12.0 Å². The van der Waals surface area contributed by atoms with E-state index in [1.807, 2.05) is 13.8 Å². The van der Waals surface area contributed by atoms with Crippen molar-refractivity contribution in [1.82, 2.24) is 4.90 Å². The van der Waals surface area contributed by atoms with Crippen molar-refractivity contribution in [2.75, 3.05) is 26.2 Å². The van der Waals surface area contributed by atoms with Crippen LogP contribution >= 0.6 is 0 Å². The number of rotatable bonds is 3. The van der Waals surface area contributed by atoms with E-state index in [2.05, 4.69) is 4.90 Å². The molecule has 0 unspecified atom stereocenters. The summed E-state index contributed by atoms with van der Waals surface area (Å²) in [7, 11) is 0. The van der Waals surface area contributed by atoms with Crippen molar-refractivity contribution in [3.8, 4) is 0 Å². The highest BCUT2D eigenvalue weighted by Crippen LogP contribution is 2.46. The van der Waals surface area contributed by atoms with Crippen LogP contribution in [0.5, 0.6) is 0 Å². The van der Waals surface area contributed by atoms with Crippen molar-refractivity contribution in [3.05, 3.63) is 0 Å². The number of aliphatic hydroxyl groups is 1. The Bertz CT molecular complexity index is 171. The predicted octanol–water partition coefficient (Wildman–Crippen LogP) is 1.83. The van der Waals surface area contributed by atoms with Crippen molar-refractivity contribution < 1.29 is 9.50 Å². The smallest absolute Gasteiger partial charge is 0.114 e. The standard InChI is InChI=1S/C9H16FNO.C2H6/c10-8-1-4-11(5-8)6-9(7-12)2-3-9;1-2/h8,12H,1-7H2;1-2H3/t8-;/m1./s1. The summed E-state index contributed by atoms with van der Waals surface area (Å²) in [6.45, 7) is 6.65. The summed E-state index contributed by atoms with van der Waals surface area (Å²) in [6, 6.07) is 0. The molecule has 1 saturated carbocycles. The molecule has 1 aliphatic heterocycles. The average molecular weight is 203 g/mol. The van der Waals surface area contributed by atoms with Gasteiger partial charge in [0.05, 0.1) is 0 Å². The summed E-state index contributed by atoms with van der Waals surface area (Å²) in [5.74, 6) is 0. The van der Waals surface area contributed by atoms with Crippen molar-refractivity contribution in [3.63, 3.8) is 0 Å². The number of hydrogen-bond donors (Lipinski definition) is 1. The molecule has 14 heavy (non-hydrogen) atoms. The van der Waals surface area contributed by atoms with Crippen LogP contribution in [0.15, 0.2) is 0 Å². The van der Waals surface area contributed by atoms with Gasteiger partial charge in [-0.25, -0.2) is 4.39 Å². The van der Waals surface area contributed by atoms with Crippen LogP contribution in [0.3, 0.4) is 0 Å². The molecule has 1 N–H and O–H groups in total. The van der Waals surface area contributed by atoms with Gasteiger partial charge in [0, 0.05) is 31.7 Å². The molecular formula is C11H22FNO. The molecule has 2 aliphatic rings. The number of nitrogens with zero attached hydrogens (tertiary/aromatic N) is 1. The largest absolute Gasteiger partial charge is 0.396 e. The fraction of sp³-hybridized carbons (Fsp3) is 1.00. The minimum Gasteiger partial charge on any atom is -0.396 e. The summed E-state index contributed by atoms with van der Waals surface area (Å²) >= 11 is 0. The Morgan fingerprint density at radius 3 is 2.43 bits per heavy atom. The van der Waals surface area contributed by atoms with Crippen molar-refractivity contribution in [2.24, 2.45) is 5.41 Å². The van der Waals surface area contributed by atoms with Crippen LogP contribution in [0, 0.1) is 5.41 Å². The molecule has 1 heterocycles. The molecule has 0 bridgehead atoms. The fourth-order valence-electron chi connectivity index (χ4n) is 1.95. The molecule has 0 spiro atoms. The number of alkyl halides is 1. The van der Waals surface area contributed by atoms with E-state index in [0.29, 0.717) is 13.0 Å². The van der Waals surface area contributed by atoms with E-state index >= 15 is 0 Å². The Morgan fingerprint density at radius 2 is 2.07 bits per heavy atom. The van der Waals surface area contributed by atoms with Crippen LogP contribution in [-0.2, 0) is 0 Å². The van der Waals surface area contributed by atoms with E-state index in [1.165, 1.54) is 0 Å². The summed E-state index contributed by atoms with van der Waals surface area (Å²) in [5, 5.41) is 9.06. The first kappa shape index (κ1) is 11.9. The van der Waals surface area contributed by atoms with Gasteiger partial charge in [0.15, 0.2) is 0 Å². The number of hydrogen-bond acceptors (Lipinski definition) is 2. The van der Waals surface area contributed by atoms with Gasteiger partial charge in [0.25, 0.3) is 0 Å². The minimum absolute atomic E-state index is 0.157. The molecule has 0 aromatic rings. The third-order valence-corrected chi connectivity index (χ3v) is 3.07. The maximum Gasteiger partial charge on any atom is 0.114 e. The van der Waals surface area contributed by atoms with Crippen LogP contribution in [0.25, 0.3) is 0 Å². The quantitative estimate of drug-likeness (QED) is 0.756. The van der Waals surface area contributed by atoms with E-state index in [4.69, 9.17) is 5.11 Å². The van der Waals surface area contributed by atoms with Gasteiger partial charge in [0.2, 0.25) is 0 Å². The minimum atomic E-state index is -0.625. The average Bonchev–Trinajstić information content (AvgIpc) is 2.87. The summed E-state index contributed by atoms with van der Waals surface area (Å²) in [4.78, 5) is 2.15. The van der Waals surface area contributed by atoms with Gasteiger partial charge in [-0.1, -0.05) is 13.8 Å². The molecule has 2 nitrogen and oxygen atoms in total. The molecular weight excluding hydrogens is 181 g/mol. The Labute approximate surface area is 86.1 Å². The highest BCUT2D eigenvalue weighted by molar-refractivity contribution is 4.96. The second-order valence-corrected chi connectivity index (χ2v) is 4.28. The third-order valence-electron chi connectivity index (χ3n) is 3.07. The van der Waals surface area contributed by atoms with Gasteiger partial charge < -0.3 is 5.11 Å². The summed E-state index contributed by atoms with van der Waals surface area (Å²) < 4.78 is 12.8. The zero-order valence-corrected chi connectivity index (χ0v) is 9.30. The molecule has 0 aromatic heterocycles. The number of likely N-dealkylation sites (tertiary alicyclic amines) is 1. The van der Waals surface area contributed by atoms with Gasteiger partial charge in [-0.05, 0) is 19.3 Å². The lowest BCUT2D eigenvalue weighted by atomic mass is 10.1. The second kappa shape index (κ2) is 5.08. The topological polar surface area (TPSA) is 23.5 Å². The monoisotopic (exact) mass is 203 g/mol. The molecule has 1 saturated heterocycles. The van der Waals surface area contributed by atoms with Crippen molar-refractivity contribution in [1.29, 1.82) is 0 Å². The van der Waals surface area contributed by atoms with Crippen LogP contribution in [0.1, 0.15) is 33.1 Å². The maximum atomic E-state index is 12.8. The molecule has 3 heteroatoms. The Balaban J connectivity index is 0.000000461. The summed E-state index contributed by atoms with van der Waals surface area (Å²) in [6.07, 6.45) is 2.30. The molecule has 2 fully saturated rings. The molecule has 0 aromatic carbocycles.